The number of para-hydroxylation sites is 1. The summed E-state index contributed by atoms with van der Waals surface area (Å²) >= 11 is 0. The van der Waals surface area contributed by atoms with Crippen LogP contribution in [0.3, 0.4) is 0 Å². The Morgan fingerprint density at radius 3 is 2.55 bits per heavy atom. The first kappa shape index (κ1) is 18.4. The molecule has 0 aliphatic rings. The Balaban J connectivity index is 1.42. The molecule has 0 saturated carbocycles. The van der Waals surface area contributed by atoms with E-state index in [1.54, 1.807) is 13.0 Å². The van der Waals surface area contributed by atoms with Crippen LogP contribution in [0.1, 0.15) is 12.5 Å². The van der Waals surface area contributed by atoms with E-state index < -0.39 is 12.0 Å². The van der Waals surface area contributed by atoms with E-state index >= 15 is 0 Å². The van der Waals surface area contributed by atoms with Crippen molar-refractivity contribution in [3.63, 3.8) is 0 Å². The Labute approximate surface area is 166 Å². The molecule has 1 aromatic heterocycles. The summed E-state index contributed by atoms with van der Waals surface area (Å²) in [7, 11) is 0. The third-order valence-corrected chi connectivity index (χ3v) is 4.56. The lowest BCUT2D eigenvalue weighted by molar-refractivity contribution is -0.127. The van der Waals surface area contributed by atoms with Crippen LogP contribution in [0.25, 0.3) is 21.7 Å². The number of carbonyl (C=O) groups excluding carboxylic acids is 1. The predicted octanol–water partition coefficient (Wildman–Crippen LogP) is 3.60. The van der Waals surface area contributed by atoms with Gasteiger partial charge in [0.25, 0.3) is 11.5 Å². The first-order valence-electron chi connectivity index (χ1n) is 9.20. The lowest BCUT2D eigenvalue weighted by Crippen LogP contribution is -2.33. The molecule has 0 radical (unpaired) electrons. The smallest absolute Gasteiger partial charge is 0.280 e. The fraction of sp³-hybridized carbons (Fsp3) is 0.0870. The Hall–Kier alpha value is -3.93. The quantitative estimate of drug-likeness (QED) is 0.407. The van der Waals surface area contributed by atoms with Gasteiger partial charge in [-0.05, 0) is 47.3 Å². The lowest BCUT2D eigenvalue weighted by Gasteiger charge is -2.13. The molecule has 0 aliphatic carbocycles. The van der Waals surface area contributed by atoms with Crippen molar-refractivity contribution < 1.29 is 9.53 Å². The molecule has 3 aromatic carbocycles. The molecule has 144 valence electrons. The molecule has 0 saturated heterocycles. The molecule has 0 bridgehead atoms. The maximum Gasteiger partial charge on any atom is 0.280 e. The standard InChI is InChI=1S/C23H19N3O3/c1-15(29-20-11-10-16-6-2-3-7-17(16)13-20)22(27)26-24-14-19-12-18-8-4-5-9-21(18)25-23(19)28/h2-15H,1H3,(H,25,28)(H,26,27)/b24-14-/t15-/m1/s1. The third kappa shape index (κ3) is 4.16. The second-order valence-corrected chi connectivity index (χ2v) is 6.64. The van der Waals surface area contributed by atoms with Crippen LogP contribution in [0.4, 0.5) is 0 Å². The van der Waals surface area contributed by atoms with E-state index in [9.17, 15) is 9.59 Å². The molecule has 6 heteroatoms. The number of rotatable bonds is 5. The van der Waals surface area contributed by atoms with Crippen molar-refractivity contribution in [3.8, 4) is 5.75 Å². The highest BCUT2D eigenvalue weighted by molar-refractivity contribution is 5.89. The topological polar surface area (TPSA) is 83.5 Å². The van der Waals surface area contributed by atoms with E-state index in [0.717, 1.165) is 21.7 Å². The van der Waals surface area contributed by atoms with Crippen molar-refractivity contribution in [1.82, 2.24) is 10.4 Å². The van der Waals surface area contributed by atoms with E-state index in [4.69, 9.17) is 4.74 Å². The van der Waals surface area contributed by atoms with Gasteiger partial charge in [0.1, 0.15) is 5.75 Å². The summed E-state index contributed by atoms with van der Waals surface area (Å²) in [5.41, 5.74) is 3.24. The van der Waals surface area contributed by atoms with Crippen LogP contribution < -0.4 is 15.7 Å². The van der Waals surface area contributed by atoms with Crippen LogP contribution in [0.5, 0.6) is 5.75 Å². The second kappa shape index (κ2) is 7.98. The fourth-order valence-corrected chi connectivity index (χ4v) is 3.01. The molecule has 6 nitrogen and oxygen atoms in total. The van der Waals surface area contributed by atoms with E-state index in [0.29, 0.717) is 11.3 Å². The van der Waals surface area contributed by atoms with Crippen molar-refractivity contribution in [2.24, 2.45) is 5.10 Å². The zero-order chi connectivity index (χ0) is 20.2. The molecule has 1 amide bonds. The molecular formula is C23H19N3O3. The number of aromatic amines is 1. The highest BCUT2D eigenvalue weighted by atomic mass is 16.5. The SMILES string of the molecule is C[C@@H](Oc1ccc2ccccc2c1)C(=O)N/N=C\c1cc2ccccc2[nH]c1=O. The summed E-state index contributed by atoms with van der Waals surface area (Å²) in [5, 5.41) is 6.91. The number of nitrogens with zero attached hydrogens (tertiary/aromatic N) is 1. The van der Waals surface area contributed by atoms with Crippen molar-refractivity contribution in [3.05, 3.63) is 88.7 Å². The van der Waals surface area contributed by atoms with Gasteiger partial charge in [-0.1, -0.05) is 48.5 Å². The number of hydrogen-bond donors (Lipinski definition) is 2. The first-order chi connectivity index (χ1) is 14.1. The van der Waals surface area contributed by atoms with Crippen LogP contribution in [0, 0.1) is 0 Å². The van der Waals surface area contributed by atoms with Gasteiger partial charge in [0.15, 0.2) is 6.10 Å². The first-order valence-corrected chi connectivity index (χ1v) is 9.20. The zero-order valence-electron chi connectivity index (χ0n) is 15.8. The van der Waals surface area contributed by atoms with E-state index in [2.05, 4.69) is 15.5 Å². The van der Waals surface area contributed by atoms with E-state index in [1.807, 2.05) is 66.7 Å². The minimum Gasteiger partial charge on any atom is -0.481 e. The predicted molar refractivity (Wildman–Crippen MR) is 114 cm³/mol. The number of nitrogens with one attached hydrogen (secondary N) is 2. The molecule has 0 spiro atoms. The number of benzene rings is 3. The summed E-state index contributed by atoms with van der Waals surface area (Å²) < 4.78 is 5.71. The number of aromatic nitrogens is 1. The van der Waals surface area contributed by atoms with Crippen molar-refractivity contribution in [2.45, 2.75) is 13.0 Å². The van der Waals surface area contributed by atoms with Gasteiger partial charge in [-0.15, -0.1) is 0 Å². The van der Waals surface area contributed by atoms with Crippen LogP contribution in [-0.4, -0.2) is 23.2 Å². The molecule has 2 N–H and O–H groups in total. The summed E-state index contributed by atoms with van der Waals surface area (Å²) in [6, 6.07) is 22.7. The van der Waals surface area contributed by atoms with Crippen LogP contribution in [0.15, 0.2) is 82.7 Å². The van der Waals surface area contributed by atoms with Crippen LogP contribution in [-0.2, 0) is 4.79 Å². The highest BCUT2D eigenvalue weighted by Crippen LogP contribution is 2.21. The van der Waals surface area contributed by atoms with Crippen LogP contribution >= 0.6 is 0 Å². The molecule has 0 fully saturated rings. The Morgan fingerprint density at radius 2 is 1.72 bits per heavy atom. The molecule has 0 unspecified atom stereocenters. The lowest BCUT2D eigenvalue weighted by atomic mass is 10.1. The van der Waals surface area contributed by atoms with Crippen molar-refractivity contribution in [2.75, 3.05) is 0 Å². The Morgan fingerprint density at radius 1 is 1.00 bits per heavy atom. The number of hydrazone groups is 1. The summed E-state index contributed by atoms with van der Waals surface area (Å²) in [4.78, 5) is 27.2. The van der Waals surface area contributed by atoms with Gasteiger partial charge in [0.2, 0.25) is 0 Å². The van der Waals surface area contributed by atoms with E-state index in [1.165, 1.54) is 6.21 Å². The van der Waals surface area contributed by atoms with Gasteiger partial charge in [0.05, 0.1) is 11.8 Å². The molecule has 0 aliphatic heterocycles. The maximum atomic E-state index is 12.3. The minimum absolute atomic E-state index is 0.276. The Kier molecular flexibility index (Phi) is 5.07. The number of carbonyl (C=O) groups is 1. The van der Waals surface area contributed by atoms with Gasteiger partial charge in [-0.25, -0.2) is 5.43 Å². The summed E-state index contributed by atoms with van der Waals surface area (Å²) in [6.07, 6.45) is 0.578. The third-order valence-electron chi connectivity index (χ3n) is 4.56. The molecule has 1 heterocycles. The van der Waals surface area contributed by atoms with Crippen LogP contribution in [0.2, 0.25) is 0 Å². The molecule has 4 rings (SSSR count). The van der Waals surface area contributed by atoms with Gasteiger partial charge in [-0.3, -0.25) is 9.59 Å². The minimum atomic E-state index is -0.747. The van der Waals surface area contributed by atoms with E-state index in [-0.39, 0.29) is 5.56 Å². The highest BCUT2D eigenvalue weighted by Gasteiger charge is 2.14. The molecule has 29 heavy (non-hydrogen) atoms. The van der Waals surface area contributed by atoms with Gasteiger partial charge in [-0.2, -0.15) is 5.10 Å². The van der Waals surface area contributed by atoms with Crippen molar-refractivity contribution in [1.29, 1.82) is 0 Å². The number of hydrogen-bond acceptors (Lipinski definition) is 4. The molecular weight excluding hydrogens is 366 g/mol. The van der Waals surface area contributed by atoms with Gasteiger partial charge in [0, 0.05) is 5.52 Å². The second-order valence-electron chi connectivity index (χ2n) is 6.64. The largest absolute Gasteiger partial charge is 0.481 e. The summed E-state index contributed by atoms with van der Waals surface area (Å²) in [6.45, 7) is 1.64. The number of ether oxygens (including phenoxy) is 1. The number of amides is 1. The van der Waals surface area contributed by atoms with Crippen molar-refractivity contribution >= 4 is 33.8 Å². The normalized spacial score (nSPS) is 12.3. The number of fused-ring (bicyclic) bond motifs is 2. The monoisotopic (exact) mass is 385 g/mol. The molecule has 4 aromatic rings. The average Bonchev–Trinajstić information content (AvgIpc) is 2.74. The fourth-order valence-electron chi connectivity index (χ4n) is 3.01. The Bertz CT molecular complexity index is 1280. The molecule has 1 atom stereocenters. The number of pyridine rings is 1. The summed E-state index contributed by atoms with van der Waals surface area (Å²) in [5.74, 6) is 0.188. The maximum absolute atomic E-state index is 12.3. The van der Waals surface area contributed by atoms with Gasteiger partial charge >= 0.3 is 0 Å². The van der Waals surface area contributed by atoms with Gasteiger partial charge < -0.3 is 9.72 Å². The average molecular weight is 385 g/mol. The zero-order valence-corrected chi connectivity index (χ0v) is 15.8. The number of H-pyrrole nitrogens is 1.